The summed E-state index contributed by atoms with van der Waals surface area (Å²) < 4.78 is 11.3. The number of hydrogen-bond donors (Lipinski definition) is 1. The first-order chi connectivity index (χ1) is 18.0. The summed E-state index contributed by atoms with van der Waals surface area (Å²) in [6.45, 7) is 12.5. The molecule has 1 amide bonds. The van der Waals surface area contributed by atoms with Gasteiger partial charge in [0.05, 0.1) is 25.3 Å². The van der Waals surface area contributed by atoms with Crippen LogP contribution in [-0.2, 0) is 15.0 Å². The van der Waals surface area contributed by atoms with E-state index in [0.29, 0.717) is 29.2 Å². The van der Waals surface area contributed by atoms with Crippen molar-refractivity contribution in [3.8, 4) is 11.5 Å². The van der Waals surface area contributed by atoms with E-state index in [0.717, 1.165) is 22.4 Å². The summed E-state index contributed by atoms with van der Waals surface area (Å²) in [5.41, 5.74) is 4.28. The lowest BCUT2D eigenvalue weighted by atomic mass is 9.84. The van der Waals surface area contributed by atoms with Gasteiger partial charge in [0.1, 0.15) is 17.3 Å². The first kappa shape index (κ1) is 27.0. The van der Waals surface area contributed by atoms with Gasteiger partial charge in [0.2, 0.25) is 0 Å². The minimum atomic E-state index is -0.837. The average molecular weight is 514 g/mol. The third kappa shape index (κ3) is 4.91. The van der Waals surface area contributed by atoms with E-state index in [1.807, 2.05) is 57.2 Å². The molecule has 1 heterocycles. The number of ketones is 1. The Kier molecular flexibility index (Phi) is 7.36. The second-order valence-corrected chi connectivity index (χ2v) is 10.6. The van der Waals surface area contributed by atoms with Crippen molar-refractivity contribution < 1.29 is 24.2 Å². The number of carbonyl (C=O) groups excluding carboxylic acids is 2. The van der Waals surface area contributed by atoms with E-state index < -0.39 is 17.7 Å². The molecule has 198 valence electrons. The molecule has 3 aromatic carbocycles. The Morgan fingerprint density at radius 3 is 2.37 bits per heavy atom. The highest BCUT2D eigenvalue weighted by Crippen LogP contribution is 2.44. The number of aliphatic hydroxyl groups excluding tert-OH is 1. The van der Waals surface area contributed by atoms with E-state index in [9.17, 15) is 14.7 Å². The molecule has 0 bridgehead atoms. The smallest absolute Gasteiger partial charge is 0.300 e. The molecule has 0 aliphatic carbocycles. The molecule has 1 aliphatic heterocycles. The van der Waals surface area contributed by atoms with Crippen LogP contribution >= 0.6 is 0 Å². The number of amides is 1. The van der Waals surface area contributed by atoms with Crippen molar-refractivity contribution in [3.63, 3.8) is 0 Å². The van der Waals surface area contributed by atoms with E-state index in [-0.39, 0.29) is 16.7 Å². The van der Waals surface area contributed by atoms with Crippen LogP contribution in [-0.4, -0.2) is 30.5 Å². The van der Waals surface area contributed by atoms with E-state index in [4.69, 9.17) is 9.47 Å². The molecule has 1 aliphatic rings. The highest BCUT2D eigenvalue weighted by atomic mass is 16.5. The van der Waals surface area contributed by atoms with Gasteiger partial charge in [0, 0.05) is 16.8 Å². The van der Waals surface area contributed by atoms with Gasteiger partial charge in [-0.05, 0) is 73.7 Å². The van der Waals surface area contributed by atoms with Crippen LogP contribution in [0.5, 0.6) is 11.5 Å². The monoisotopic (exact) mass is 513 g/mol. The maximum absolute atomic E-state index is 13.6. The van der Waals surface area contributed by atoms with Crippen LogP contribution in [0.1, 0.15) is 61.6 Å². The molecule has 1 atom stereocenters. The largest absolute Gasteiger partial charge is 0.507 e. The predicted molar refractivity (Wildman–Crippen MR) is 150 cm³/mol. The molecule has 1 fully saturated rings. The Bertz CT molecular complexity index is 1430. The lowest BCUT2D eigenvalue weighted by Gasteiger charge is -2.27. The van der Waals surface area contributed by atoms with Crippen LogP contribution in [0.3, 0.4) is 0 Å². The Morgan fingerprint density at radius 2 is 1.74 bits per heavy atom. The van der Waals surface area contributed by atoms with Gasteiger partial charge in [0.25, 0.3) is 11.7 Å². The molecule has 1 saturated heterocycles. The quantitative estimate of drug-likeness (QED) is 0.227. The van der Waals surface area contributed by atoms with Crippen molar-refractivity contribution in [2.24, 2.45) is 0 Å². The molecule has 0 saturated carbocycles. The Labute approximate surface area is 224 Å². The van der Waals surface area contributed by atoms with Gasteiger partial charge < -0.3 is 14.6 Å². The second-order valence-electron chi connectivity index (χ2n) is 10.6. The first-order valence-corrected chi connectivity index (χ1v) is 12.8. The number of hydrogen-bond acceptors (Lipinski definition) is 5. The molecular formula is C32H35NO5. The SMILES string of the molecule is CCOc1ccc(/C(O)=C2/C(=O)C(=O)N(c3ccc(C)cc3C)C2c2cccc(OC)c2)cc1C(C)(C)C. The standard InChI is InChI=1S/C32H35NO5/c1-8-38-26-15-13-22(18-24(26)32(4,5)6)29(34)27-28(21-10-9-11-23(17-21)37-7)33(31(36)30(27)35)25-14-12-19(2)16-20(25)3/h9-18,28,34H,8H2,1-7H3/b29-27-. The van der Waals surface area contributed by atoms with Crippen LogP contribution in [0.15, 0.2) is 66.2 Å². The molecule has 0 radical (unpaired) electrons. The van der Waals surface area contributed by atoms with Gasteiger partial charge in [0.15, 0.2) is 0 Å². The number of nitrogens with zero attached hydrogens (tertiary/aromatic N) is 1. The number of ether oxygens (including phenoxy) is 2. The van der Waals surface area contributed by atoms with Crippen molar-refractivity contribution in [2.75, 3.05) is 18.6 Å². The Hall–Kier alpha value is -4.06. The number of carbonyl (C=O) groups is 2. The normalized spacial score (nSPS) is 17.1. The Morgan fingerprint density at radius 1 is 1.00 bits per heavy atom. The van der Waals surface area contributed by atoms with Gasteiger partial charge in [-0.15, -0.1) is 0 Å². The number of Topliss-reactive ketones (excluding diaryl/α,β-unsaturated/α-hetero) is 1. The maximum atomic E-state index is 13.6. The summed E-state index contributed by atoms with van der Waals surface area (Å²) in [5.74, 6) is -0.340. The first-order valence-electron chi connectivity index (χ1n) is 12.8. The molecular weight excluding hydrogens is 478 g/mol. The maximum Gasteiger partial charge on any atom is 0.300 e. The third-order valence-corrected chi connectivity index (χ3v) is 6.83. The summed E-state index contributed by atoms with van der Waals surface area (Å²) in [6, 6.07) is 17.5. The van der Waals surface area contributed by atoms with Crippen LogP contribution < -0.4 is 14.4 Å². The van der Waals surface area contributed by atoms with Gasteiger partial charge in [-0.1, -0.05) is 50.6 Å². The van der Waals surface area contributed by atoms with E-state index >= 15 is 0 Å². The number of methoxy groups -OCH3 is 1. The topological polar surface area (TPSA) is 76.1 Å². The van der Waals surface area contributed by atoms with E-state index in [1.165, 1.54) is 4.90 Å². The molecule has 3 aromatic rings. The summed E-state index contributed by atoms with van der Waals surface area (Å²) in [7, 11) is 1.56. The minimum absolute atomic E-state index is 0.0345. The molecule has 6 nitrogen and oxygen atoms in total. The molecule has 1 unspecified atom stereocenters. The van der Waals surface area contributed by atoms with Crippen molar-refractivity contribution >= 4 is 23.1 Å². The molecule has 4 rings (SSSR count). The summed E-state index contributed by atoms with van der Waals surface area (Å²) in [5, 5.41) is 11.7. The number of aliphatic hydroxyl groups is 1. The van der Waals surface area contributed by atoms with Crippen LogP contribution in [0.4, 0.5) is 5.69 Å². The highest BCUT2D eigenvalue weighted by Gasteiger charge is 2.47. The summed E-state index contributed by atoms with van der Waals surface area (Å²) in [6.07, 6.45) is 0. The van der Waals surface area contributed by atoms with Crippen molar-refractivity contribution in [1.82, 2.24) is 0 Å². The van der Waals surface area contributed by atoms with Crippen molar-refractivity contribution in [3.05, 3.63) is 94.1 Å². The molecule has 0 spiro atoms. The highest BCUT2D eigenvalue weighted by molar-refractivity contribution is 6.51. The number of benzene rings is 3. The zero-order valence-corrected chi connectivity index (χ0v) is 23.1. The third-order valence-electron chi connectivity index (χ3n) is 6.83. The fourth-order valence-electron chi connectivity index (χ4n) is 4.98. The predicted octanol–water partition coefficient (Wildman–Crippen LogP) is 6.63. The van der Waals surface area contributed by atoms with E-state index in [1.54, 1.807) is 31.4 Å². The lowest BCUT2D eigenvalue weighted by Crippen LogP contribution is -2.30. The zero-order chi connectivity index (χ0) is 27.8. The van der Waals surface area contributed by atoms with Gasteiger partial charge in [-0.25, -0.2) is 0 Å². The minimum Gasteiger partial charge on any atom is -0.507 e. The summed E-state index contributed by atoms with van der Waals surface area (Å²) in [4.78, 5) is 28.7. The van der Waals surface area contributed by atoms with Gasteiger partial charge >= 0.3 is 0 Å². The molecule has 38 heavy (non-hydrogen) atoms. The van der Waals surface area contributed by atoms with Crippen LogP contribution in [0.25, 0.3) is 5.76 Å². The van der Waals surface area contributed by atoms with Crippen LogP contribution in [0.2, 0.25) is 0 Å². The fraction of sp³-hybridized carbons (Fsp3) is 0.312. The van der Waals surface area contributed by atoms with Crippen molar-refractivity contribution in [2.45, 2.75) is 53.0 Å². The van der Waals surface area contributed by atoms with Crippen molar-refractivity contribution in [1.29, 1.82) is 0 Å². The second kappa shape index (κ2) is 10.4. The number of anilines is 1. The molecule has 6 heteroatoms. The lowest BCUT2D eigenvalue weighted by molar-refractivity contribution is -0.132. The fourth-order valence-corrected chi connectivity index (χ4v) is 4.98. The summed E-state index contributed by atoms with van der Waals surface area (Å²) >= 11 is 0. The molecule has 1 N–H and O–H groups in total. The average Bonchev–Trinajstić information content (AvgIpc) is 3.13. The van der Waals surface area contributed by atoms with E-state index in [2.05, 4.69) is 20.8 Å². The van der Waals surface area contributed by atoms with Crippen LogP contribution in [0, 0.1) is 13.8 Å². The Balaban J connectivity index is 1.98. The van der Waals surface area contributed by atoms with Gasteiger partial charge in [-0.2, -0.15) is 0 Å². The zero-order valence-electron chi connectivity index (χ0n) is 23.1. The number of aryl methyl sites for hydroxylation is 2. The van der Waals surface area contributed by atoms with Gasteiger partial charge in [-0.3, -0.25) is 14.5 Å². The molecule has 0 aromatic heterocycles. The number of rotatable bonds is 6.